The molecule has 236 valence electrons. The van der Waals surface area contributed by atoms with E-state index in [0.29, 0.717) is 22.2 Å². The number of alkyl halides is 3. The Balaban J connectivity index is 0.000000300. The molecular formula is C21H21F3N4O11S4. The second-order valence-corrected chi connectivity index (χ2v) is 14.6. The number of benzene rings is 2. The van der Waals surface area contributed by atoms with Crippen molar-refractivity contribution < 1.29 is 61.7 Å². The molecule has 43 heavy (non-hydrogen) atoms. The first-order valence-electron chi connectivity index (χ1n) is 10.9. The third-order valence-corrected chi connectivity index (χ3v) is 9.13. The summed E-state index contributed by atoms with van der Waals surface area (Å²) in [5, 5.41) is 11.5. The normalized spacial score (nSPS) is 12.1. The number of methoxy groups -OCH3 is 2. The van der Waals surface area contributed by atoms with Gasteiger partial charge in [-0.15, -0.1) is 5.10 Å². The Bertz CT molecular complexity index is 1860. The van der Waals surface area contributed by atoms with E-state index in [1.807, 2.05) is 0 Å². The fourth-order valence-corrected chi connectivity index (χ4v) is 5.35. The maximum absolute atomic E-state index is 12.3. The molecule has 22 heteroatoms. The van der Waals surface area contributed by atoms with Crippen molar-refractivity contribution in [3.8, 4) is 5.75 Å². The van der Waals surface area contributed by atoms with Crippen LogP contribution in [0.25, 0.3) is 0 Å². The van der Waals surface area contributed by atoms with Crippen molar-refractivity contribution in [1.29, 1.82) is 0 Å². The summed E-state index contributed by atoms with van der Waals surface area (Å²) in [6.45, 7) is 0. The van der Waals surface area contributed by atoms with Crippen molar-refractivity contribution in [2.75, 3.05) is 26.7 Å². The molecular weight excluding hydrogens is 670 g/mol. The summed E-state index contributed by atoms with van der Waals surface area (Å²) in [6, 6.07) is 6.31. The molecule has 0 aliphatic rings. The van der Waals surface area contributed by atoms with Crippen LogP contribution in [0.15, 0.2) is 56.2 Å². The number of halogens is 3. The van der Waals surface area contributed by atoms with Crippen LogP contribution in [0.4, 0.5) is 13.2 Å². The summed E-state index contributed by atoms with van der Waals surface area (Å²) in [7, 11) is -9.47. The second-order valence-electron chi connectivity index (χ2n) is 8.01. The summed E-state index contributed by atoms with van der Waals surface area (Å²) >= 11 is 1.14. The van der Waals surface area contributed by atoms with Crippen molar-refractivity contribution in [3.63, 3.8) is 0 Å². The number of carbonyl (C=O) groups excluding carboxylic acids is 2. The molecule has 0 radical (unpaired) electrons. The maximum atomic E-state index is 12.3. The highest BCUT2D eigenvalue weighted by atomic mass is 32.2. The van der Waals surface area contributed by atoms with Crippen LogP contribution in [0.1, 0.15) is 20.7 Å². The lowest BCUT2D eigenvalue weighted by atomic mass is 10.2. The van der Waals surface area contributed by atoms with E-state index in [-0.39, 0.29) is 10.5 Å². The molecule has 0 N–H and O–H groups in total. The van der Waals surface area contributed by atoms with Gasteiger partial charge in [0, 0.05) is 24.5 Å². The van der Waals surface area contributed by atoms with Gasteiger partial charge in [-0.1, -0.05) is 0 Å². The molecule has 0 fully saturated rings. The van der Waals surface area contributed by atoms with Crippen LogP contribution in [0, 0.1) is 0 Å². The molecule has 0 amide bonds. The SMILES string of the molecule is COC(=O)c1cc(S(C)(=O)=O)ccc1OS(=O)(=O)C(F)(F)F.COC(=O)c1cc(S(C)(=O)=O)ccc1Sc1nnnn1C. The molecule has 0 unspecified atom stereocenters. The fourth-order valence-electron chi connectivity index (χ4n) is 2.75. The predicted octanol–water partition coefficient (Wildman–Crippen LogP) is 1.66. The van der Waals surface area contributed by atoms with Gasteiger partial charge in [-0.25, -0.2) is 31.1 Å². The third kappa shape index (κ3) is 9.11. The van der Waals surface area contributed by atoms with Gasteiger partial charge in [0.05, 0.1) is 29.6 Å². The highest BCUT2D eigenvalue weighted by Crippen LogP contribution is 2.32. The highest BCUT2D eigenvalue weighted by Gasteiger charge is 2.49. The minimum absolute atomic E-state index is 0.0448. The quantitative estimate of drug-likeness (QED) is 0.187. The van der Waals surface area contributed by atoms with Crippen LogP contribution in [0.3, 0.4) is 0 Å². The van der Waals surface area contributed by atoms with Gasteiger partial charge in [-0.05, 0) is 58.6 Å². The van der Waals surface area contributed by atoms with Gasteiger partial charge in [0.1, 0.15) is 5.56 Å². The number of rotatable bonds is 8. The lowest BCUT2D eigenvalue weighted by Crippen LogP contribution is -2.28. The third-order valence-electron chi connectivity index (χ3n) is 4.83. The first kappa shape index (κ1) is 35.4. The Morgan fingerprint density at radius 1 is 0.837 bits per heavy atom. The Kier molecular flexibility index (Phi) is 10.9. The van der Waals surface area contributed by atoms with Gasteiger partial charge in [0.15, 0.2) is 25.4 Å². The molecule has 1 aromatic heterocycles. The second kappa shape index (κ2) is 13.3. The van der Waals surface area contributed by atoms with E-state index >= 15 is 0 Å². The van der Waals surface area contributed by atoms with E-state index in [1.165, 1.54) is 30.0 Å². The first-order chi connectivity index (χ1) is 19.6. The Morgan fingerprint density at radius 2 is 1.33 bits per heavy atom. The molecule has 0 atom stereocenters. The lowest BCUT2D eigenvalue weighted by Gasteiger charge is -2.12. The van der Waals surface area contributed by atoms with Crippen LogP contribution < -0.4 is 4.18 Å². The van der Waals surface area contributed by atoms with Gasteiger partial charge in [0.25, 0.3) is 0 Å². The largest absolute Gasteiger partial charge is 0.534 e. The van der Waals surface area contributed by atoms with Gasteiger partial charge < -0.3 is 13.7 Å². The van der Waals surface area contributed by atoms with Gasteiger partial charge in [-0.3, -0.25) is 0 Å². The number of sulfone groups is 2. The molecule has 2 aromatic carbocycles. The molecule has 0 spiro atoms. The van der Waals surface area contributed by atoms with Gasteiger partial charge in [-0.2, -0.15) is 21.6 Å². The van der Waals surface area contributed by atoms with Crippen LogP contribution >= 0.6 is 11.8 Å². The van der Waals surface area contributed by atoms with E-state index in [9.17, 15) is 48.0 Å². The lowest BCUT2D eigenvalue weighted by molar-refractivity contribution is -0.0500. The average molecular weight is 691 g/mol. The van der Waals surface area contributed by atoms with Gasteiger partial charge in [0.2, 0.25) is 5.16 Å². The smallest absolute Gasteiger partial charge is 0.465 e. The van der Waals surface area contributed by atoms with Crippen molar-refractivity contribution in [3.05, 3.63) is 47.5 Å². The monoisotopic (exact) mass is 690 g/mol. The molecule has 0 aliphatic heterocycles. The summed E-state index contributed by atoms with van der Waals surface area (Å²) in [6.07, 6.45) is 1.86. The minimum Gasteiger partial charge on any atom is -0.465 e. The number of tetrazole rings is 1. The zero-order chi connectivity index (χ0) is 33.0. The Hall–Kier alpha value is -3.76. The standard InChI is InChI=1S/C11H12N4O4S2.C10H9F3O7S2/c1-15-11(12-13-14-15)20-9-5-4-7(21(3,17)18)6-8(9)10(16)19-2;1-19-9(14)7-5-6(21(2,15)16)3-4-8(7)20-22(17,18)10(11,12)13/h4-6H,1-3H3;3-5H,1-2H3. The van der Waals surface area contributed by atoms with Crippen molar-refractivity contribution in [2.45, 2.75) is 25.4 Å². The number of esters is 2. The van der Waals surface area contributed by atoms with Crippen LogP contribution in [-0.4, -0.2) is 89.6 Å². The van der Waals surface area contributed by atoms with Crippen molar-refractivity contribution >= 4 is 53.5 Å². The van der Waals surface area contributed by atoms with Crippen molar-refractivity contribution in [1.82, 2.24) is 20.2 Å². The molecule has 0 saturated heterocycles. The van der Waals surface area contributed by atoms with E-state index < -0.39 is 63.4 Å². The molecule has 0 bridgehead atoms. The summed E-state index contributed by atoms with van der Waals surface area (Å²) in [4.78, 5) is 23.4. The predicted molar refractivity (Wildman–Crippen MR) is 140 cm³/mol. The average Bonchev–Trinajstić information content (AvgIpc) is 3.30. The molecule has 3 aromatic rings. The topological polar surface area (TPSA) is 208 Å². The maximum Gasteiger partial charge on any atom is 0.534 e. The number of ether oxygens (including phenoxy) is 2. The fraction of sp³-hybridized carbons (Fsp3) is 0.286. The summed E-state index contributed by atoms with van der Waals surface area (Å²) in [5.74, 6) is -2.90. The Morgan fingerprint density at radius 3 is 1.77 bits per heavy atom. The molecule has 0 aliphatic carbocycles. The zero-order valence-electron chi connectivity index (χ0n) is 22.5. The van der Waals surface area contributed by atoms with E-state index in [2.05, 4.69) is 29.2 Å². The van der Waals surface area contributed by atoms with Gasteiger partial charge >= 0.3 is 27.6 Å². The summed E-state index contributed by atoms with van der Waals surface area (Å²) in [5.41, 5.74) is -6.35. The molecule has 15 nitrogen and oxygen atoms in total. The highest BCUT2D eigenvalue weighted by molar-refractivity contribution is 7.99. The minimum atomic E-state index is -6.02. The number of aryl methyl sites for hydroxylation is 1. The van der Waals surface area contributed by atoms with E-state index in [1.54, 1.807) is 7.05 Å². The van der Waals surface area contributed by atoms with Crippen LogP contribution in [-0.2, 0) is 46.3 Å². The number of hydrogen-bond donors (Lipinski definition) is 0. The van der Waals surface area contributed by atoms with E-state index in [4.69, 9.17) is 0 Å². The first-order valence-corrected chi connectivity index (χ1v) is 16.9. The van der Waals surface area contributed by atoms with Crippen molar-refractivity contribution in [2.24, 2.45) is 7.05 Å². The van der Waals surface area contributed by atoms with Crippen LogP contribution in [0.2, 0.25) is 0 Å². The molecule has 3 rings (SSSR count). The molecule has 0 saturated carbocycles. The number of carbonyl (C=O) groups is 2. The molecule has 1 heterocycles. The summed E-state index contributed by atoms with van der Waals surface area (Å²) < 4.78 is 119. The number of hydrogen-bond acceptors (Lipinski definition) is 15. The van der Waals surface area contributed by atoms with E-state index in [0.717, 1.165) is 37.4 Å². The van der Waals surface area contributed by atoms with Crippen LogP contribution in [0.5, 0.6) is 5.75 Å². The zero-order valence-corrected chi connectivity index (χ0v) is 25.8. The number of nitrogens with zero attached hydrogens (tertiary/aromatic N) is 4. The number of aromatic nitrogens is 4. The Labute approximate surface area is 247 Å².